The minimum atomic E-state index is 0.903. The Labute approximate surface area is 148 Å². The smallest absolute Gasteiger partial charge is 0.119 e. The zero-order valence-corrected chi connectivity index (χ0v) is 14.4. The van der Waals surface area contributed by atoms with E-state index in [1.54, 1.807) is 13.3 Å². The molecule has 0 unspecified atom stereocenters. The lowest BCUT2D eigenvalue weighted by atomic mass is 10.2. The van der Waals surface area contributed by atoms with Crippen LogP contribution in [-0.4, -0.2) is 42.8 Å². The molecule has 2 aromatic carbocycles. The normalized spacial score (nSPS) is 14.6. The summed E-state index contributed by atoms with van der Waals surface area (Å²) in [7, 11) is 1.70. The topological polar surface area (TPSA) is 33.5 Å². The quantitative estimate of drug-likeness (QED) is 0.734. The van der Waals surface area contributed by atoms with Gasteiger partial charge in [-0.2, -0.15) is 0 Å². The van der Waals surface area contributed by atoms with E-state index in [1.165, 1.54) is 11.4 Å². The predicted molar refractivity (Wildman–Crippen MR) is 101 cm³/mol. The third-order valence-electron chi connectivity index (χ3n) is 4.73. The number of benzene rings is 2. The van der Waals surface area contributed by atoms with Gasteiger partial charge in [0, 0.05) is 55.6 Å². The second-order valence-electron chi connectivity index (χ2n) is 6.16. The maximum atomic E-state index is 5.24. The Hall–Kier alpha value is -2.95. The minimum absolute atomic E-state index is 0.903. The Morgan fingerprint density at radius 3 is 1.76 bits per heavy atom. The molecule has 0 bridgehead atoms. The Kier molecular flexibility index (Phi) is 4.29. The Morgan fingerprint density at radius 2 is 1.28 bits per heavy atom. The molecule has 4 rings (SSSR count). The summed E-state index contributed by atoms with van der Waals surface area (Å²) in [6.45, 7) is 4.10. The molecule has 0 aliphatic carbocycles. The van der Waals surface area contributed by atoms with Crippen LogP contribution in [0.2, 0.25) is 0 Å². The van der Waals surface area contributed by atoms with Gasteiger partial charge in [0.15, 0.2) is 0 Å². The van der Waals surface area contributed by atoms with Crippen LogP contribution in [0.5, 0.6) is 5.75 Å². The van der Waals surface area contributed by atoms with E-state index in [0.29, 0.717) is 0 Å². The number of methoxy groups -OCH3 is 1. The lowest BCUT2D eigenvalue weighted by molar-refractivity contribution is 0.415. The number of hydrogen-bond donors (Lipinski definition) is 0. The third-order valence-corrected chi connectivity index (χ3v) is 4.73. The molecular formula is C20H22N4O. The highest BCUT2D eigenvalue weighted by Gasteiger charge is 2.17. The first kappa shape index (κ1) is 15.6. The number of hydrogen-bond acceptors (Lipinski definition) is 4. The maximum absolute atomic E-state index is 5.24. The molecule has 1 aromatic heterocycles. The standard InChI is InChI=1S/C20H22N4O/c1-25-20-8-6-18(7-9-20)23-14-12-22(13-15-23)17-2-4-19(5-3-17)24-11-10-21-16-24/h2-11,16H,12-15H2,1H3. The van der Waals surface area contributed by atoms with Crippen molar-refractivity contribution in [1.29, 1.82) is 0 Å². The number of ether oxygens (including phenoxy) is 1. The molecule has 3 aromatic rings. The summed E-state index contributed by atoms with van der Waals surface area (Å²) in [6, 6.07) is 17.0. The van der Waals surface area contributed by atoms with Crippen LogP contribution in [-0.2, 0) is 0 Å². The van der Waals surface area contributed by atoms with Crippen molar-refractivity contribution in [3.05, 3.63) is 67.3 Å². The van der Waals surface area contributed by atoms with Crippen molar-refractivity contribution in [1.82, 2.24) is 9.55 Å². The molecule has 2 heterocycles. The van der Waals surface area contributed by atoms with E-state index < -0.39 is 0 Å². The summed E-state index contributed by atoms with van der Waals surface area (Å²) in [5, 5.41) is 0. The van der Waals surface area contributed by atoms with Gasteiger partial charge in [0.25, 0.3) is 0 Å². The average Bonchev–Trinajstić information content (AvgIpc) is 3.23. The highest BCUT2D eigenvalue weighted by Crippen LogP contribution is 2.23. The molecule has 0 N–H and O–H groups in total. The minimum Gasteiger partial charge on any atom is -0.497 e. The second kappa shape index (κ2) is 6.89. The summed E-state index contributed by atoms with van der Waals surface area (Å²) in [5.74, 6) is 0.903. The van der Waals surface area contributed by atoms with E-state index in [1.807, 2.05) is 29.2 Å². The van der Waals surface area contributed by atoms with Gasteiger partial charge < -0.3 is 19.1 Å². The molecule has 5 nitrogen and oxygen atoms in total. The van der Waals surface area contributed by atoms with E-state index in [0.717, 1.165) is 37.6 Å². The largest absolute Gasteiger partial charge is 0.497 e. The fraction of sp³-hybridized carbons (Fsp3) is 0.250. The van der Waals surface area contributed by atoms with Gasteiger partial charge in [0.1, 0.15) is 5.75 Å². The summed E-state index contributed by atoms with van der Waals surface area (Å²) in [6.07, 6.45) is 5.58. The van der Waals surface area contributed by atoms with Crippen molar-refractivity contribution in [2.45, 2.75) is 0 Å². The molecule has 1 fully saturated rings. The molecule has 0 radical (unpaired) electrons. The zero-order valence-electron chi connectivity index (χ0n) is 14.4. The molecule has 1 aliphatic heterocycles. The average molecular weight is 334 g/mol. The van der Waals surface area contributed by atoms with Crippen LogP contribution in [0.1, 0.15) is 0 Å². The van der Waals surface area contributed by atoms with Crippen molar-refractivity contribution in [3.63, 3.8) is 0 Å². The van der Waals surface area contributed by atoms with E-state index in [4.69, 9.17) is 4.74 Å². The first-order chi connectivity index (χ1) is 12.3. The van der Waals surface area contributed by atoms with E-state index in [-0.39, 0.29) is 0 Å². The number of piperazine rings is 1. The van der Waals surface area contributed by atoms with E-state index in [9.17, 15) is 0 Å². The zero-order chi connectivity index (χ0) is 17.1. The van der Waals surface area contributed by atoms with Gasteiger partial charge in [0.05, 0.1) is 13.4 Å². The predicted octanol–water partition coefficient (Wildman–Crippen LogP) is 3.21. The summed E-state index contributed by atoms with van der Waals surface area (Å²) >= 11 is 0. The molecule has 128 valence electrons. The molecule has 0 spiro atoms. The highest BCUT2D eigenvalue weighted by atomic mass is 16.5. The van der Waals surface area contributed by atoms with Gasteiger partial charge >= 0.3 is 0 Å². The fourth-order valence-electron chi connectivity index (χ4n) is 3.26. The van der Waals surface area contributed by atoms with Crippen molar-refractivity contribution in [2.75, 3.05) is 43.1 Å². The van der Waals surface area contributed by atoms with Gasteiger partial charge in [-0.25, -0.2) is 4.98 Å². The second-order valence-corrected chi connectivity index (χ2v) is 6.16. The summed E-state index contributed by atoms with van der Waals surface area (Å²) in [4.78, 5) is 8.97. The maximum Gasteiger partial charge on any atom is 0.119 e. The van der Waals surface area contributed by atoms with Crippen LogP contribution in [0.3, 0.4) is 0 Å². The number of nitrogens with zero attached hydrogens (tertiary/aromatic N) is 4. The SMILES string of the molecule is COc1ccc(N2CCN(c3ccc(-n4ccnc4)cc3)CC2)cc1. The van der Waals surface area contributed by atoms with Crippen LogP contribution in [0.25, 0.3) is 5.69 Å². The van der Waals surface area contributed by atoms with Gasteiger partial charge in [-0.05, 0) is 48.5 Å². The van der Waals surface area contributed by atoms with Crippen LogP contribution in [0.15, 0.2) is 67.3 Å². The Morgan fingerprint density at radius 1 is 0.760 bits per heavy atom. The van der Waals surface area contributed by atoms with Gasteiger partial charge in [-0.15, -0.1) is 0 Å². The van der Waals surface area contributed by atoms with Crippen molar-refractivity contribution >= 4 is 11.4 Å². The molecule has 25 heavy (non-hydrogen) atoms. The van der Waals surface area contributed by atoms with Crippen LogP contribution in [0.4, 0.5) is 11.4 Å². The first-order valence-corrected chi connectivity index (χ1v) is 8.56. The van der Waals surface area contributed by atoms with Gasteiger partial charge in [-0.1, -0.05) is 0 Å². The van der Waals surface area contributed by atoms with E-state index >= 15 is 0 Å². The molecule has 1 saturated heterocycles. The number of rotatable bonds is 4. The summed E-state index contributed by atoms with van der Waals surface area (Å²) < 4.78 is 7.25. The molecule has 0 atom stereocenters. The van der Waals surface area contributed by atoms with Crippen molar-refractivity contribution in [3.8, 4) is 11.4 Å². The van der Waals surface area contributed by atoms with Crippen LogP contribution >= 0.6 is 0 Å². The fourth-order valence-corrected chi connectivity index (χ4v) is 3.26. The number of aromatic nitrogens is 2. The van der Waals surface area contributed by atoms with Gasteiger partial charge in [0.2, 0.25) is 0 Å². The van der Waals surface area contributed by atoms with Gasteiger partial charge in [-0.3, -0.25) is 0 Å². The molecule has 5 heteroatoms. The van der Waals surface area contributed by atoms with Crippen LogP contribution < -0.4 is 14.5 Å². The number of imidazole rings is 1. The van der Waals surface area contributed by atoms with Crippen molar-refractivity contribution < 1.29 is 4.74 Å². The lowest BCUT2D eigenvalue weighted by Gasteiger charge is -2.37. The third kappa shape index (κ3) is 3.31. The Balaban J connectivity index is 1.39. The molecule has 1 aliphatic rings. The monoisotopic (exact) mass is 334 g/mol. The summed E-state index contributed by atoms with van der Waals surface area (Å²) in [5.41, 5.74) is 3.67. The van der Waals surface area contributed by atoms with Crippen molar-refractivity contribution in [2.24, 2.45) is 0 Å². The Bertz CT molecular complexity index is 789. The van der Waals surface area contributed by atoms with E-state index in [2.05, 4.69) is 51.2 Å². The first-order valence-electron chi connectivity index (χ1n) is 8.56. The number of anilines is 2. The molecular weight excluding hydrogens is 312 g/mol. The molecule has 0 amide bonds. The van der Waals surface area contributed by atoms with Crippen LogP contribution in [0, 0.1) is 0 Å². The lowest BCUT2D eigenvalue weighted by Crippen LogP contribution is -2.46. The highest BCUT2D eigenvalue weighted by molar-refractivity contribution is 5.54. The molecule has 0 saturated carbocycles.